The Labute approximate surface area is 186 Å². The molecule has 0 aliphatic carbocycles. The van der Waals surface area contributed by atoms with Crippen molar-refractivity contribution in [3.63, 3.8) is 0 Å². The van der Waals surface area contributed by atoms with Crippen molar-refractivity contribution in [2.75, 3.05) is 44.2 Å². The zero-order valence-electron chi connectivity index (χ0n) is 19.2. The Morgan fingerprint density at radius 1 is 1.03 bits per heavy atom. The van der Waals surface area contributed by atoms with Gasteiger partial charge in [-0.3, -0.25) is 9.80 Å². The van der Waals surface area contributed by atoms with Crippen molar-refractivity contribution in [1.29, 1.82) is 0 Å². The van der Waals surface area contributed by atoms with Crippen LogP contribution < -0.4 is 4.90 Å². The SMILES string of the molecule is C=C(C)c1cnc(N2CCN(C3CCN(Cc4ccc(F)cc4C)CC3)CC2)c(C)c1. The summed E-state index contributed by atoms with van der Waals surface area (Å²) in [5, 5.41) is 0. The molecule has 4 nitrogen and oxygen atoms in total. The molecule has 3 heterocycles. The van der Waals surface area contributed by atoms with Crippen molar-refractivity contribution in [1.82, 2.24) is 14.8 Å². The van der Waals surface area contributed by atoms with Crippen LogP contribution in [-0.4, -0.2) is 60.1 Å². The van der Waals surface area contributed by atoms with Gasteiger partial charge >= 0.3 is 0 Å². The normalized spacial score (nSPS) is 19.0. The van der Waals surface area contributed by atoms with Crippen LogP contribution in [0.25, 0.3) is 5.57 Å². The molecule has 5 heteroatoms. The minimum absolute atomic E-state index is 0.142. The zero-order valence-corrected chi connectivity index (χ0v) is 19.2. The maximum Gasteiger partial charge on any atom is 0.131 e. The number of halogens is 1. The Hall–Kier alpha value is -2.24. The average Bonchev–Trinajstić information content (AvgIpc) is 2.76. The van der Waals surface area contributed by atoms with E-state index >= 15 is 0 Å². The van der Waals surface area contributed by atoms with E-state index in [1.807, 2.05) is 26.1 Å². The monoisotopic (exact) mass is 422 g/mol. The largest absolute Gasteiger partial charge is 0.354 e. The highest BCUT2D eigenvalue weighted by atomic mass is 19.1. The number of pyridine rings is 1. The summed E-state index contributed by atoms with van der Waals surface area (Å²) in [6.07, 6.45) is 4.38. The average molecular weight is 423 g/mol. The first kappa shape index (κ1) is 22.0. The summed E-state index contributed by atoms with van der Waals surface area (Å²) in [5.41, 5.74) is 5.72. The second kappa shape index (κ2) is 9.49. The lowest BCUT2D eigenvalue weighted by Crippen LogP contribution is -2.53. The van der Waals surface area contributed by atoms with Crippen LogP contribution in [0.1, 0.15) is 42.0 Å². The van der Waals surface area contributed by atoms with Crippen LogP contribution in [0, 0.1) is 19.7 Å². The molecule has 0 unspecified atom stereocenters. The second-order valence-electron chi connectivity index (χ2n) is 9.25. The first-order valence-electron chi connectivity index (χ1n) is 11.5. The Morgan fingerprint density at radius 3 is 2.35 bits per heavy atom. The first-order valence-corrected chi connectivity index (χ1v) is 11.5. The van der Waals surface area contributed by atoms with Crippen LogP contribution >= 0.6 is 0 Å². The molecule has 166 valence electrons. The van der Waals surface area contributed by atoms with Gasteiger partial charge in [-0.2, -0.15) is 0 Å². The number of nitrogens with zero attached hydrogens (tertiary/aromatic N) is 4. The minimum atomic E-state index is -0.142. The van der Waals surface area contributed by atoms with Crippen LogP contribution in [0.5, 0.6) is 0 Å². The Morgan fingerprint density at radius 2 is 1.74 bits per heavy atom. The van der Waals surface area contributed by atoms with Gasteiger partial charge in [0.15, 0.2) is 0 Å². The number of piperidine rings is 1. The molecule has 0 radical (unpaired) electrons. The Bertz CT molecular complexity index is 925. The fourth-order valence-electron chi connectivity index (χ4n) is 4.95. The van der Waals surface area contributed by atoms with Crippen molar-refractivity contribution >= 4 is 11.4 Å². The molecule has 2 saturated heterocycles. The zero-order chi connectivity index (χ0) is 22.0. The third-order valence-electron chi connectivity index (χ3n) is 6.93. The van der Waals surface area contributed by atoms with Crippen molar-refractivity contribution in [3.8, 4) is 0 Å². The molecule has 2 aromatic rings. The van der Waals surface area contributed by atoms with E-state index < -0.39 is 0 Å². The molecule has 2 fully saturated rings. The van der Waals surface area contributed by atoms with Gasteiger partial charge in [-0.25, -0.2) is 9.37 Å². The highest BCUT2D eigenvalue weighted by Gasteiger charge is 2.28. The number of hydrogen-bond acceptors (Lipinski definition) is 4. The summed E-state index contributed by atoms with van der Waals surface area (Å²) in [5.74, 6) is 0.977. The van der Waals surface area contributed by atoms with E-state index in [2.05, 4.69) is 34.3 Å². The fraction of sp³-hybridized carbons (Fsp3) is 0.500. The summed E-state index contributed by atoms with van der Waals surface area (Å²) >= 11 is 0. The Kier molecular flexibility index (Phi) is 6.73. The molecule has 1 aromatic carbocycles. The van der Waals surface area contributed by atoms with Crippen molar-refractivity contribution < 1.29 is 4.39 Å². The Balaban J connectivity index is 1.27. The van der Waals surface area contributed by atoms with Gasteiger partial charge in [0.25, 0.3) is 0 Å². The molecule has 0 saturated carbocycles. The van der Waals surface area contributed by atoms with Crippen LogP contribution in [0.2, 0.25) is 0 Å². The van der Waals surface area contributed by atoms with Crippen molar-refractivity contribution in [2.45, 2.75) is 46.2 Å². The van der Waals surface area contributed by atoms with Crippen molar-refractivity contribution in [3.05, 3.63) is 65.1 Å². The summed E-state index contributed by atoms with van der Waals surface area (Å²) in [7, 11) is 0. The standard InChI is InChI=1S/C26H35FN4/c1-19(2)23-15-21(4)26(28-17-23)31-13-11-30(12-14-31)25-7-9-29(10-8-25)18-22-5-6-24(27)16-20(22)3/h5-6,15-17,25H,1,7-14,18H2,2-4H3. The minimum Gasteiger partial charge on any atom is -0.354 e. The van der Waals surface area contributed by atoms with E-state index in [0.29, 0.717) is 6.04 Å². The van der Waals surface area contributed by atoms with Gasteiger partial charge in [0.2, 0.25) is 0 Å². The van der Waals surface area contributed by atoms with Gasteiger partial charge in [0, 0.05) is 45.0 Å². The summed E-state index contributed by atoms with van der Waals surface area (Å²) in [6, 6.07) is 8.04. The van der Waals surface area contributed by atoms with E-state index in [4.69, 9.17) is 4.98 Å². The van der Waals surface area contributed by atoms with E-state index in [-0.39, 0.29) is 5.82 Å². The summed E-state index contributed by atoms with van der Waals surface area (Å²) < 4.78 is 13.4. The van der Waals surface area contributed by atoms with Crippen LogP contribution in [-0.2, 0) is 6.54 Å². The second-order valence-corrected chi connectivity index (χ2v) is 9.25. The van der Waals surface area contributed by atoms with Crippen molar-refractivity contribution in [2.24, 2.45) is 0 Å². The van der Waals surface area contributed by atoms with E-state index in [1.54, 1.807) is 12.1 Å². The number of aryl methyl sites for hydroxylation is 2. The number of likely N-dealkylation sites (tertiary alicyclic amines) is 1. The molecule has 0 spiro atoms. The molecule has 0 amide bonds. The third kappa shape index (κ3) is 5.16. The number of benzene rings is 1. The summed E-state index contributed by atoms with van der Waals surface area (Å²) in [4.78, 5) is 12.4. The number of piperazine rings is 1. The van der Waals surface area contributed by atoms with Gasteiger partial charge < -0.3 is 4.90 Å². The molecule has 1 aromatic heterocycles. The number of aromatic nitrogens is 1. The number of anilines is 1. The summed E-state index contributed by atoms with van der Waals surface area (Å²) in [6.45, 7) is 17.7. The van der Waals surface area contributed by atoms with Gasteiger partial charge in [-0.05, 0) is 92.7 Å². The highest BCUT2D eigenvalue weighted by Crippen LogP contribution is 2.25. The topological polar surface area (TPSA) is 22.6 Å². The lowest BCUT2D eigenvalue weighted by molar-refractivity contribution is 0.0996. The van der Waals surface area contributed by atoms with Crippen LogP contribution in [0.3, 0.4) is 0 Å². The number of hydrogen-bond donors (Lipinski definition) is 0. The van der Waals surface area contributed by atoms with Gasteiger partial charge in [0.05, 0.1) is 0 Å². The molecule has 0 atom stereocenters. The molecule has 31 heavy (non-hydrogen) atoms. The van der Waals surface area contributed by atoms with E-state index in [9.17, 15) is 4.39 Å². The maximum atomic E-state index is 13.4. The van der Waals surface area contributed by atoms with Crippen LogP contribution in [0.15, 0.2) is 37.0 Å². The van der Waals surface area contributed by atoms with E-state index in [1.165, 1.54) is 24.0 Å². The molecule has 0 bridgehead atoms. The molecular formula is C26H35FN4. The molecule has 2 aliphatic rings. The molecular weight excluding hydrogens is 387 g/mol. The molecule has 4 rings (SSSR count). The highest BCUT2D eigenvalue weighted by molar-refractivity contribution is 5.63. The van der Waals surface area contributed by atoms with E-state index in [0.717, 1.165) is 68.3 Å². The van der Waals surface area contributed by atoms with Crippen LogP contribution in [0.4, 0.5) is 10.2 Å². The number of rotatable bonds is 5. The lowest BCUT2D eigenvalue weighted by atomic mass is 10.0. The predicted octanol–water partition coefficient (Wildman–Crippen LogP) is 4.66. The molecule has 0 N–H and O–H groups in total. The smallest absolute Gasteiger partial charge is 0.131 e. The fourth-order valence-corrected chi connectivity index (χ4v) is 4.95. The van der Waals surface area contributed by atoms with Gasteiger partial charge in [0.1, 0.15) is 11.6 Å². The third-order valence-corrected chi connectivity index (χ3v) is 6.93. The lowest BCUT2D eigenvalue weighted by Gasteiger charge is -2.43. The number of allylic oxidation sites excluding steroid dienone is 1. The first-order chi connectivity index (χ1) is 14.9. The molecule has 2 aliphatic heterocycles. The van der Waals surface area contributed by atoms with Gasteiger partial charge in [-0.15, -0.1) is 0 Å². The van der Waals surface area contributed by atoms with Gasteiger partial charge in [-0.1, -0.05) is 12.6 Å². The maximum absolute atomic E-state index is 13.4. The predicted molar refractivity (Wildman–Crippen MR) is 127 cm³/mol. The quantitative estimate of drug-likeness (QED) is 0.699.